The van der Waals surface area contributed by atoms with E-state index in [1.54, 1.807) is 0 Å². The van der Waals surface area contributed by atoms with E-state index in [0.29, 0.717) is 11.6 Å². The van der Waals surface area contributed by atoms with Gasteiger partial charge in [0.1, 0.15) is 0 Å². The van der Waals surface area contributed by atoms with Crippen molar-refractivity contribution in [2.75, 3.05) is 0 Å². The molecule has 4 aliphatic rings. The Kier molecular flexibility index (Phi) is 17.8. The molecule has 2 aliphatic carbocycles. The van der Waals surface area contributed by atoms with Gasteiger partial charge in [-0.2, -0.15) is 0 Å². The third-order valence-electron chi connectivity index (χ3n) is 26.3. The number of benzene rings is 18. The summed E-state index contributed by atoms with van der Waals surface area (Å²) < 4.78 is 0. The maximum Gasteiger partial charge on any atom is 0.160 e. The van der Waals surface area contributed by atoms with Gasteiger partial charge in [0, 0.05) is 96.4 Å². The van der Waals surface area contributed by atoms with Crippen LogP contribution in [0.25, 0.3) is 178 Å². The van der Waals surface area contributed by atoms with Gasteiger partial charge >= 0.3 is 0 Å². The van der Waals surface area contributed by atoms with Crippen molar-refractivity contribution < 1.29 is 0 Å². The van der Waals surface area contributed by atoms with E-state index >= 15 is 0 Å². The summed E-state index contributed by atoms with van der Waals surface area (Å²) in [5, 5.41) is 7.09. The SMILES string of the molecule is c1ccc(-c2cc(-c3ccc(-c4ccc5c(c4)nc(-c4ccccc4)c4ccc6c(c45)Sc4ccccc4C64c5ccccc5-c5ccccc54)cc3)nc(-c3ccccc3)n2)cc1.c1ccc(-c2cc(-c3cccc(-c4ccc5c(c4)nc(-c4ccccc4)c4ccc6c(c45)Sc4ccccc4C64c5ccccc5-c5ccccc54)c3)nc(-c3ccccc3)n2)cc1. The molecule has 6 nitrogen and oxygen atoms in total. The molecule has 596 valence electrons. The monoisotopic (exact) mass is 1660 g/mol. The summed E-state index contributed by atoms with van der Waals surface area (Å²) in [6, 6.07) is 162. The Morgan fingerprint density at radius 2 is 0.453 bits per heavy atom. The van der Waals surface area contributed by atoms with Crippen LogP contribution in [0.1, 0.15) is 44.5 Å². The Labute approximate surface area is 749 Å². The van der Waals surface area contributed by atoms with E-state index in [9.17, 15) is 0 Å². The number of hydrogen-bond donors (Lipinski definition) is 0. The van der Waals surface area contributed by atoms with Crippen LogP contribution in [0.3, 0.4) is 0 Å². The van der Waals surface area contributed by atoms with Gasteiger partial charge in [0.15, 0.2) is 11.6 Å². The van der Waals surface area contributed by atoms with E-state index in [-0.39, 0.29) is 0 Å². The van der Waals surface area contributed by atoms with E-state index in [0.717, 1.165) is 134 Å². The molecule has 0 bridgehead atoms. The average molecular weight is 1660 g/mol. The van der Waals surface area contributed by atoms with Gasteiger partial charge in [-0.15, -0.1) is 0 Å². The summed E-state index contributed by atoms with van der Waals surface area (Å²) in [6.07, 6.45) is 0. The molecular weight excluding hydrogens is 1590 g/mol. The zero-order chi connectivity index (χ0) is 84.4. The maximum absolute atomic E-state index is 5.55. The predicted octanol–water partition coefficient (Wildman–Crippen LogP) is 30.7. The van der Waals surface area contributed by atoms with E-state index in [2.05, 4.69) is 400 Å². The molecule has 6 heterocycles. The lowest BCUT2D eigenvalue weighted by molar-refractivity contribution is 0.726. The highest BCUT2D eigenvalue weighted by Gasteiger charge is 2.52. The quantitative estimate of drug-likeness (QED) is 0.125. The summed E-state index contributed by atoms with van der Waals surface area (Å²) in [5.74, 6) is 1.41. The number of nitrogens with zero attached hydrogens (tertiary/aromatic N) is 6. The minimum Gasteiger partial charge on any atom is -0.247 e. The van der Waals surface area contributed by atoms with Crippen LogP contribution in [0.4, 0.5) is 0 Å². The van der Waals surface area contributed by atoms with Crippen molar-refractivity contribution in [1.82, 2.24) is 29.9 Å². The van der Waals surface area contributed by atoms with Gasteiger partial charge < -0.3 is 0 Å². The van der Waals surface area contributed by atoms with E-state index in [4.69, 9.17) is 29.9 Å². The third kappa shape index (κ3) is 12.0. The summed E-state index contributed by atoms with van der Waals surface area (Å²) >= 11 is 3.80. The molecular formula is C120H74N6S2. The first-order valence-corrected chi connectivity index (χ1v) is 45.2. The molecule has 0 N–H and O–H groups in total. The molecule has 2 aliphatic heterocycles. The van der Waals surface area contributed by atoms with Gasteiger partial charge in [0.05, 0.1) is 56.0 Å². The molecule has 8 heteroatoms. The fraction of sp³-hybridized carbons (Fsp3) is 0.0167. The highest BCUT2D eigenvalue weighted by atomic mass is 32.2. The van der Waals surface area contributed by atoms with Crippen molar-refractivity contribution in [1.29, 1.82) is 0 Å². The van der Waals surface area contributed by atoms with Crippen LogP contribution in [-0.4, -0.2) is 29.9 Å². The third-order valence-corrected chi connectivity index (χ3v) is 28.7. The first-order valence-electron chi connectivity index (χ1n) is 43.5. The molecule has 0 radical (unpaired) electrons. The van der Waals surface area contributed by atoms with Gasteiger partial charge in [-0.1, -0.05) is 430 Å². The molecule has 128 heavy (non-hydrogen) atoms. The van der Waals surface area contributed by atoms with Crippen LogP contribution in [-0.2, 0) is 10.8 Å². The highest BCUT2D eigenvalue weighted by Crippen LogP contribution is 2.66. The Balaban J connectivity index is 0.000000139. The number of aromatic nitrogens is 6. The molecule has 22 aromatic rings. The maximum atomic E-state index is 5.55. The second kappa shape index (κ2) is 30.5. The molecule has 0 amide bonds. The van der Waals surface area contributed by atoms with Gasteiger partial charge in [-0.05, 0) is 131 Å². The molecule has 0 fully saturated rings. The van der Waals surface area contributed by atoms with Gasteiger partial charge in [0.2, 0.25) is 0 Å². The predicted molar refractivity (Wildman–Crippen MR) is 527 cm³/mol. The van der Waals surface area contributed by atoms with Gasteiger partial charge in [0.25, 0.3) is 0 Å². The molecule has 2 spiro atoms. The van der Waals surface area contributed by atoms with Crippen LogP contribution in [0.5, 0.6) is 0 Å². The number of hydrogen-bond acceptors (Lipinski definition) is 8. The summed E-state index contributed by atoms with van der Waals surface area (Å²) in [4.78, 5) is 36.5. The second-order valence-corrected chi connectivity index (χ2v) is 35.4. The van der Waals surface area contributed by atoms with Crippen LogP contribution < -0.4 is 0 Å². The Morgan fingerprint density at radius 1 is 0.172 bits per heavy atom. The van der Waals surface area contributed by atoms with Crippen molar-refractivity contribution in [3.8, 4) is 135 Å². The van der Waals surface area contributed by atoms with E-state index < -0.39 is 10.8 Å². The molecule has 26 rings (SSSR count). The topological polar surface area (TPSA) is 77.3 Å². The number of rotatable bonds is 10. The standard InChI is InChI=1S/2C60H37N3S/c1-4-17-38(18-5-1)52-37-53(63-59(62-52)40-21-8-3-9-22-40)43-24-16-23-41(35-43)42-31-32-46-54(36-42)61-57(39-19-6-2-7-20-39)47-33-34-51-58(56(46)47)64-55-30-15-14-29-50(55)60(51)48-27-12-10-25-44(48)45-26-11-13-28-49(45)60;1-4-16-39(17-5-1)52-37-53(63-59(62-52)42-20-8-3-9-21-42)40-30-28-38(29-31-40)43-32-33-46-54(36-43)61-57(41-18-6-2-7-19-41)47-34-35-51-58(56(46)47)64-55-27-15-14-26-50(55)60(51)48-24-12-10-22-44(48)45-23-11-13-25-49(45)60/h2*1-37H. The van der Waals surface area contributed by atoms with Crippen molar-refractivity contribution in [3.63, 3.8) is 0 Å². The first-order chi connectivity index (χ1) is 63.4. The minimum absolute atomic E-state index is 0.462. The van der Waals surface area contributed by atoms with Crippen LogP contribution >= 0.6 is 23.5 Å². The smallest absolute Gasteiger partial charge is 0.160 e. The number of fused-ring (bicyclic) bond motifs is 26. The first kappa shape index (κ1) is 74.8. The van der Waals surface area contributed by atoms with Crippen LogP contribution in [0, 0.1) is 0 Å². The molecule has 0 atom stereocenters. The Morgan fingerprint density at radius 3 is 0.852 bits per heavy atom. The molecule has 0 saturated carbocycles. The Bertz CT molecular complexity index is 8030. The minimum atomic E-state index is -0.469. The fourth-order valence-electron chi connectivity index (χ4n) is 20.6. The van der Waals surface area contributed by atoms with Crippen molar-refractivity contribution in [2.24, 2.45) is 0 Å². The highest BCUT2D eigenvalue weighted by molar-refractivity contribution is 8.00. The zero-order valence-corrected chi connectivity index (χ0v) is 70.9. The van der Waals surface area contributed by atoms with Crippen LogP contribution in [0.15, 0.2) is 468 Å². The second-order valence-electron chi connectivity index (χ2n) is 33.3. The van der Waals surface area contributed by atoms with E-state index in [1.165, 1.54) is 97.1 Å². The molecule has 0 unspecified atom stereocenters. The molecule has 18 aromatic carbocycles. The van der Waals surface area contributed by atoms with Crippen molar-refractivity contribution in [2.45, 2.75) is 30.4 Å². The Hall–Kier alpha value is -15.8. The molecule has 0 saturated heterocycles. The summed E-state index contributed by atoms with van der Waals surface area (Å²) in [7, 11) is 0. The number of pyridine rings is 2. The van der Waals surface area contributed by atoms with Gasteiger partial charge in [-0.25, -0.2) is 29.9 Å². The lowest BCUT2D eigenvalue weighted by Gasteiger charge is -2.40. The lowest BCUT2D eigenvalue weighted by Crippen LogP contribution is -2.32. The zero-order valence-electron chi connectivity index (χ0n) is 69.2. The lowest BCUT2D eigenvalue weighted by atomic mass is 9.67. The van der Waals surface area contributed by atoms with Crippen molar-refractivity contribution in [3.05, 3.63) is 493 Å². The van der Waals surface area contributed by atoms with E-state index in [1.807, 2.05) is 72.1 Å². The normalized spacial score (nSPS) is 13.1. The fourth-order valence-corrected chi connectivity index (χ4v) is 23.3. The summed E-state index contributed by atoms with van der Waals surface area (Å²) in [6.45, 7) is 0. The van der Waals surface area contributed by atoms with Crippen LogP contribution in [0.2, 0.25) is 0 Å². The van der Waals surface area contributed by atoms with Crippen molar-refractivity contribution >= 4 is 66.9 Å². The molecule has 4 aromatic heterocycles. The largest absolute Gasteiger partial charge is 0.247 e. The summed E-state index contributed by atoms with van der Waals surface area (Å²) in [5.41, 5.74) is 35.2. The average Bonchev–Trinajstić information content (AvgIpc) is 1.47. The van der Waals surface area contributed by atoms with Gasteiger partial charge in [-0.3, -0.25) is 0 Å².